The van der Waals surface area contributed by atoms with Gasteiger partial charge in [0.1, 0.15) is 17.3 Å². The maximum Gasteiger partial charge on any atom is 0.272 e. The first kappa shape index (κ1) is 22.5. The highest BCUT2D eigenvalue weighted by Crippen LogP contribution is 2.25. The number of hydrogen-bond donors (Lipinski definition) is 3. The van der Waals surface area contributed by atoms with Crippen LogP contribution >= 0.6 is 0 Å². The standard InChI is InChI=1S/C23H30N6O2/c1-22(2,3)11-18(27-20(30)19-12-25-16-26-19)21(31)28-23(14-24)9-10-29(15-23)13-17-7-5-4-6-8-17/h4-8,12,16,18H,9-11,13,15H2,1-3H3,(H,25,26)(H,27,30)(H,28,31). The molecule has 0 aliphatic carbocycles. The molecule has 2 atom stereocenters. The second-order valence-electron chi connectivity index (χ2n) is 9.37. The van der Waals surface area contributed by atoms with Gasteiger partial charge in [-0.1, -0.05) is 51.1 Å². The summed E-state index contributed by atoms with van der Waals surface area (Å²) in [5.41, 5.74) is 0.213. The van der Waals surface area contributed by atoms with Gasteiger partial charge in [0.15, 0.2) is 0 Å². The van der Waals surface area contributed by atoms with E-state index in [9.17, 15) is 14.9 Å². The molecule has 8 nitrogen and oxygen atoms in total. The van der Waals surface area contributed by atoms with Crippen LogP contribution in [0.2, 0.25) is 0 Å². The van der Waals surface area contributed by atoms with Crippen molar-refractivity contribution in [2.24, 2.45) is 5.41 Å². The van der Waals surface area contributed by atoms with Crippen molar-refractivity contribution in [1.82, 2.24) is 25.5 Å². The maximum atomic E-state index is 13.2. The molecule has 3 N–H and O–H groups in total. The number of carbonyl (C=O) groups is 2. The van der Waals surface area contributed by atoms with E-state index in [1.165, 1.54) is 18.1 Å². The summed E-state index contributed by atoms with van der Waals surface area (Å²) < 4.78 is 0. The molecule has 2 aromatic rings. The van der Waals surface area contributed by atoms with E-state index in [1.54, 1.807) is 0 Å². The Bertz CT molecular complexity index is 929. The number of benzene rings is 1. The zero-order chi connectivity index (χ0) is 22.5. The number of nitrogens with one attached hydrogen (secondary N) is 3. The minimum absolute atomic E-state index is 0.199. The Hall–Kier alpha value is -3.18. The first-order chi connectivity index (χ1) is 14.7. The lowest BCUT2D eigenvalue weighted by atomic mass is 9.87. The van der Waals surface area contributed by atoms with Gasteiger partial charge in [0.05, 0.1) is 12.4 Å². The number of likely N-dealkylation sites (tertiary alicyclic amines) is 1. The number of rotatable bonds is 7. The summed E-state index contributed by atoms with van der Waals surface area (Å²) in [6.07, 6.45) is 3.87. The van der Waals surface area contributed by atoms with Gasteiger partial charge >= 0.3 is 0 Å². The third-order valence-corrected chi connectivity index (χ3v) is 5.34. The van der Waals surface area contributed by atoms with Crippen LogP contribution in [0.4, 0.5) is 0 Å². The van der Waals surface area contributed by atoms with Crippen LogP contribution in [0.15, 0.2) is 42.9 Å². The summed E-state index contributed by atoms with van der Waals surface area (Å²) in [5.74, 6) is -0.768. The maximum absolute atomic E-state index is 13.2. The number of amides is 2. The molecule has 3 rings (SSSR count). The van der Waals surface area contributed by atoms with Gasteiger partial charge in [-0.2, -0.15) is 5.26 Å². The zero-order valence-electron chi connectivity index (χ0n) is 18.3. The van der Waals surface area contributed by atoms with Crippen LogP contribution in [0.3, 0.4) is 0 Å². The number of nitriles is 1. The number of hydrogen-bond acceptors (Lipinski definition) is 5. The van der Waals surface area contributed by atoms with Gasteiger partial charge in [0, 0.05) is 25.8 Å². The predicted molar refractivity (Wildman–Crippen MR) is 117 cm³/mol. The van der Waals surface area contributed by atoms with Crippen LogP contribution in [-0.4, -0.2) is 51.4 Å². The van der Waals surface area contributed by atoms with Gasteiger partial charge in [0.25, 0.3) is 5.91 Å². The molecule has 31 heavy (non-hydrogen) atoms. The molecule has 8 heteroatoms. The summed E-state index contributed by atoms with van der Waals surface area (Å²) >= 11 is 0. The molecule has 1 aromatic heterocycles. The van der Waals surface area contributed by atoms with Crippen LogP contribution in [0, 0.1) is 16.7 Å². The molecule has 2 unspecified atom stereocenters. The van der Waals surface area contributed by atoms with Crippen molar-refractivity contribution in [2.75, 3.05) is 13.1 Å². The largest absolute Gasteiger partial charge is 0.350 e. The monoisotopic (exact) mass is 422 g/mol. The van der Waals surface area contributed by atoms with Gasteiger partial charge in [-0.3, -0.25) is 14.5 Å². The van der Waals surface area contributed by atoms with Crippen LogP contribution in [0.25, 0.3) is 0 Å². The van der Waals surface area contributed by atoms with E-state index >= 15 is 0 Å². The third kappa shape index (κ3) is 6.15. The first-order valence-electron chi connectivity index (χ1n) is 10.5. The average molecular weight is 423 g/mol. The van der Waals surface area contributed by atoms with E-state index in [0.29, 0.717) is 25.9 Å². The van der Waals surface area contributed by atoms with Gasteiger partial charge in [-0.15, -0.1) is 0 Å². The van der Waals surface area contributed by atoms with Gasteiger partial charge < -0.3 is 15.6 Å². The van der Waals surface area contributed by atoms with Crippen LogP contribution in [-0.2, 0) is 11.3 Å². The Balaban J connectivity index is 1.68. The molecule has 2 amide bonds. The molecule has 164 valence electrons. The molecular formula is C23H30N6O2. The van der Waals surface area contributed by atoms with Gasteiger partial charge in [0.2, 0.25) is 5.91 Å². The van der Waals surface area contributed by atoms with E-state index in [2.05, 4.69) is 43.7 Å². The molecule has 1 aliphatic heterocycles. The second kappa shape index (κ2) is 9.31. The molecule has 0 saturated carbocycles. The molecule has 1 saturated heterocycles. The van der Waals surface area contributed by atoms with Crippen molar-refractivity contribution in [2.45, 2.75) is 51.7 Å². The first-order valence-corrected chi connectivity index (χ1v) is 10.5. The molecule has 0 bridgehead atoms. The van der Waals surface area contributed by atoms with Crippen molar-refractivity contribution in [3.05, 3.63) is 54.1 Å². The SMILES string of the molecule is CC(C)(C)CC(NC(=O)c1c[nH]cn1)C(=O)NC1(C#N)CCN(Cc2ccccc2)C1. The molecule has 0 spiro atoms. The molecule has 0 radical (unpaired) electrons. The molecule has 2 heterocycles. The van der Waals surface area contributed by atoms with Crippen molar-refractivity contribution in [1.29, 1.82) is 5.26 Å². The van der Waals surface area contributed by atoms with E-state index in [1.807, 2.05) is 39.0 Å². The van der Waals surface area contributed by atoms with Crippen molar-refractivity contribution in [3.63, 3.8) is 0 Å². The lowest BCUT2D eigenvalue weighted by Crippen LogP contribution is -2.56. The number of aromatic nitrogens is 2. The fourth-order valence-electron chi connectivity index (χ4n) is 3.85. The summed E-state index contributed by atoms with van der Waals surface area (Å²) in [5, 5.41) is 15.6. The third-order valence-electron chi connectivity index (χ3n) is 5.34. The Morgan fingerprint density at radius 2 is 2.06 bits per heavy atom. The molecule has 1 fully saturated rings. The van der Waals surface area contributed by atoms with Crippen LogP contribution in [0.5, 0.6) is 0 Å². The van der Waals surface area contributed by atoms with Crippen LogP contribution < -0.4 is 10.6 Å². The smallest absolute Gasteiger partial charge is 0.272 e. The van der Waals surface area contributed by atoms with Gasteiger partial charge in [-0.25, -0.2) is 4.98 Å². The Morgan fingerprint density at radius 3 is 2.68 bits per heavy atom. The Morgan fingerprint density at radius 1 is 1.32 bits per heavy atom. The quantitative estimate of drug-likeness (QED) is 0.633. The molecule has 1 aromatic carbocycles. The highest BCUT2D eigenvalue weighted by molar-refractivity contribution is 5.96. The normalized spacial score (nSPS) is 20.1. The summed E-state index contributed by atoms with van der Waals surface area (Å²) in [6, 6.07) is 11.6. The average Bonchev–Trinajstić information content (AvgIpc) is 3.38. The van der Waals surface area contributed by atoms with Crippen LogP contribution in [0.1, 0.15) is 49.7 Å². The molecule has 1 aliphatic rings. The highest BCUT2D eigenvalue weighted by Gasteiger charge is 2.41. The zero-order valence-corrected chi connectivity index (χ0v) is 18.3. The fourth-order valence-corrected chi connectivity index (χ4v) is 3.85. The molecular weight excluding hydrogens is 392 g/mol. The van der Waals surface area contributed by atoms with E-state index in [-0.39, 0.29) is 17.0 Å². The minimum Gasteiger partial charge on any atom is -0.350 e. The number of imidazole rings is 1. The lowest BCUT2D eigenvalue weighted by molar-refractivity contribution is -0.125. The predicted octanol–water partition coefficient (Wildman–Crippen LogP) is 2.23. The summed E-state index contributed by atoms with van der Waals surface area (Å²) in [7, 11) is 0. The van der Waals surface area contributed by atoms with E-state index in [0.717, 1.165) is 6.54 Å². The van der Waals surface area contributed by atoms with Crippen molar-refractivity contribution >= 4 is 11.8 Å². The van der Waals surface area contributed by atoms with Crippen molar-refractivity contribution < 1.29 is 9.59 Å². The highest BCUT2D eigenvalue weighted by atomic mass is 16.2. The number of aromatic amines is 1. The van der Waals surface area contributed by atoms with E-state index in [4.69, 9.17) is 0 Å². The second-order valence-corrected chi connectivity index (χ2v) is 9.37. The number of carbonyl (C=O) groups excluding carboxylic acids is 2. The van der Waals surface area contributed by atoms with E-state index < -0.39 is 17.5 Å². The minimum atomic E-state index is -0.973. The Kier molecular flexibility index (Phi) is 6.76. The topological polar surface area (TPSA) is 114 Å². The lowest BCUT2D eigenvalue weighted by Gasteiger charge is -2.30. The number of nitrogens with zero attached hydrogens (tertiary/aromatic N) is 3. The Labute approximate surface area is 183 Å². The van der Waals surface area contributed by atoms with Crippen molar-refractivity contribution in [3.8, 4) is 6.07 Å². The van der Waals surface area contributed by atoms with Gasteiger partial charge in [-0.05, 0) is 23.8 Å². The number of H-pyrrole nitrogens is 1. The summed E-state index contributed by atoms with van der Waals surface area (Å²) in [6.45, 7) is 7.90. The summed E-state index contributed by atoms with van der Waals surface area (Å²) in [4.78, 5) is 34.5. The fraction of sp³-hybridized carbons (Fsp3) is 0.478.